The highest BCUT2D eigenvalue weighted by atomic mass is 32.1. The van der Waals surface area contributed by atoms with E-state index in [-0.39, 0.29) is 11.8 Å². The van der Waals surface area contributed by atoms with E-state index in [1.807, 2.05) is 0 Å². The Balaban J connectivity index is 1.59. The Morgan fingerprint density at radius 1 is 1.26 bits per heavy atom. The predicted molar refractivity (Wildman–Crippen MR) is 95.4 cm³/mol. The van der Waals surface area contributed by atoms with Crippen LogP contribution < -0.4 is 5.32 Å². The molecule has 0 atom stereocenters. The zero-order chi connectivity index (χ0) is 16.2. The third-order valence-electron chi connectivity index (χ3n) is 4.51. The molecular formula is C19H24N2OS. The lowest BCUT2D eigenvalue weighted by Gasteiger charge is -2.10. The second-order valence-corrected chi connectivity index (χ2v) is 7.49. The average molecular weight is 328 g/mol. The van der Waals surface area contributed by atoms with Crippen molar-refractivity contribution in [1.82, 2.24) is 10.3 Å². The van der Waals surface area contributed by atoms with Gasteiger partial charge >= 0.3 is 0 Å². The van der Waals surface area contributed by atoms with Gasteiger partial charge in [-0.25, -0.2) is 4.98 Å². The summed E-state index contributed by atoms with van der Waals surface area (Å²) >= 11 is 1.69. The molecule has 0 aliphatic heterocycles. The van der Waals surface area contributed by atoms with Gasteiger partial charge in [-0.05, 0) is 24.3 Å². The van der Waals surface area contributed by atoms with Gasteiger partial charge in [0.15, 0.2) is 0 Å². The van der Waals surface area contributed by atoms with Crippen LogP contribution >= 0.6 is 11.3 Å². The van der Waals surface area contributed by atoms with Crippen LogP contribution in [-0.4, -0.2) is 10.9 Å². The molecule has 1 N–H and O–H groups in total. The molecule has 3 rings (SSSR count). The summed E-state index contributed by atoms with van der Waals surface area (Å²) in [5, 5.41) is 6.27. The SMILES string of the molecule is CC(C)c1csc(-c2ccc(CNC(=O)C3CCCC3)cc2)n1. The van der Waals surface area contributed by atoms with Gasteiger partial charge in [-0.1, -0.05) is 51.0 Å². The van der Waals surface area contributed by atoms with Gasteiger partial charge in [-0.3, -0.25) is 4.79 Å². The van der Waals surface area contributed by atoms with Crippen molar-refractivity contribution < 1.29 is 4.79 Å². The minimum absolute atomic E-state index is 0.216. The van der Waals surface area contributed by atoms with Gasteiger partial charge in [0.25, 0.3) is 0 Å². The number of thiazole rings is 1. The van der Waals surface area contributed by atoms with Gasteiger partial charge in [-0.15, -0.1) is 11.3 Å². The zero-order valence-corrected chi connectivity index (χ0v) is 14.7. The number of hydrogen-bond donors (Lipinski definition) is 1. The van der Waals surface area contributed by atoms with Gasteiger partial charge in [0, 0.05) is 23.4 Å². The van der Waals surface area contributed by atoms with Crippen LogP contribution in [0, 0.1) is 5.92 Å². The molecule has 1 amide bonds. The number of nitrogens with zero attached hydrogens (tertiary/aromatic N) is 1. The van der Waals surface area contributed by atoms with Crippen LogP contribution in [0.25, 0.3) is 10.6 Å². The van der Waals surface area contributed by atoms with E-state index in [2.05, 4.69) is 53.8 Å². The first-order valence-corrected chi connectivity index (χ1v) is 9.34. The Morgan fingerprint density at radius 2 is 1.96 bits per heavy atom. The van der Waals surface area contributed by atoms with Gasteiger partial charge in [0.05, 0.1) is 5.69 Å². The number of rotatable bonds is 5. The third kappa shape index (κ3) is 3.99. The lowest BCUT2D eigenvalue weighted by molar-refractivity contribution is -0.124. The Kier molecular flexibility index (Phi) is 5.11. The fourth-order valence-corrected chi connectivity index (χ4v) is 3.96. The molecule has 23 heavy (non-hydrogen) atoms. The van der Waals surface area contributed by atoms with Crippen molar-refractivity contribution in [2.45, 2.75) is 52.0 Å². The molecule has 1 fully saturated rings. The van der Waals surface area contributed by atoms with Crippen molar-refractivity contribution in [1.29, 1.82) is 0 Å². The minimum atomic E-state index is 0.216. The minimum Gasteiger partial charge on any atom is -0.352 e. The predicted octanol–water partition coefficient (Wildman–Crippen LogP) is 4.74. The summed E-state index contributed by atoms with van der Waals surface area (Å²) in [6.45, 7) is 4.94. The van der Waals surface area contributed by atoms with Crippen LogP contribution in [0.5, 0.6) is 0 Å². The first-order chi connectivity index (χ1) is 11.1. The van der Waals surface area contributed by atoms with E-state index >= 15 is 0 Å². The maximum atomic E-state index is 12.1. The van der Waals surface area contributed by atoms with E-state index in [4.69, 9.17) is 0 Å². The summed E-state index contributed by atoms with van der Waals surface area (Å²) in [4.78, 5) is 16.7. The van der Waals surface area contributed by atoms with Crippen molar-refractivity contribution in [2.75, 3.05) is 0 Å². The molecule has 1 aromatic carbocycles. The Hall–Kier alpha value is -1.68. The fourth-order valence-electron chi connectivity index (χ4n) is 2.97. The molecule has 1 aromatic heterocycles. The van der Waals surface area contributed by atoms with E-state index in [0.29, 0.717) is 12.5 Å². The number of benzene rings is 1. The lowest BCUT2D eigenvalue weighted by atomic mass is 10.1. The zero-order valence-electron chi connectivity index (χ0n) is 13.8. The number of nitrogens with one attached hydrogen (secondary N) is 1. The standard InChI is InChI=1S/C19H24N2OS/c1-13(2)17-12-23-19(21-17)16-9-7-14(8-10-16)11-20-18(22)15-5-3-4-6-15/h7-10,12-13,15H,3-6,11H2,1-2H3,(H,20,22). The van der Waals surface area contributed by atoms with E-state index < -0.39 is 0 Å². The summed E-state index contributed by atoms with van der Waals surface area (Å²) in [6, 6.07) is 8.36. The lowest BCUT2D eigenvalue weighted by Crippen LogP contribution is -2.28. The molecule has 0 spiro atoms. The van der Waals surface area contributed by atoms with Gasteiger partial charge < -0.3 is 5.32 Å². The van der Waals surface area contributed by atoms with Gasteiger partial charge in [0.2, 0.25) is 5.91 Å². The maximum absolute atomic E-state index is 12.1. The molecule has 1 aliphatic carbocycles. The largest absolute Gasteiger partial charge is 0.352 e. The molecule has 2 aromatic rings. The van der Waals surface area contributed by atoms with Crippen molar-refractivity contribution in [2.24, 2.45) is 5.92 Å². The van der Waals surface area contributed by atoms with E-state index in [1.165, 1.54) is 12.8 Å². The quantitative estimate of drug-likeness (QED) is 0.861. The van der Waals surface area contributed by atoms with Gasteiger partial charge in [-0.2, -0.15) is 0 Å². The van der Waals surface area contributed by atoms with E-state index in [9.17, 15) is 4.79 Å². The maximum Gasteiger partial charge on any atom is 0.223 e. The summed E-state index contributed by atoms with van der Waals surface area (Å²) in [5.41, 5.74) is 3.44. The molecule has 0 unspecified atom stereocenters. The van der Waals surface area contributed by atoms with Crippen molar-refractivity contribution in [3.8, 4) is 10.6 Å². The Morgan fingerprint density at radius 3 is 2.57 bits per heavy atom. The molecular weight excluding hydrogens is 304 g/mol. The molecule has 4 heteroatoms. The summed E-state index contributed by atoms with van der Waals surface area (Å²) < 4.78 is 0. The molecule has 1 heterocycles. The molecule has 122 valence electrons. The number of carbonyl (C=O) groups excluding carboxylic acids is 1. The molecule has 0 radical (unpaired) electrons. The normalized spacial score (nSPS) is 15.3. The second-order valence-electron chi connectivity index (χ2n) is 6.63. The Labute approximate surface area is 142 Å². The highest BCUT2D eigenvalue weighted by molar-refractivity contribution is 7.13. The molecule has 1 saturated carbocycles. The van der Waals surface area contributed by atoms with Crippen LogP contribution in [0.15, 0.2) is 29.6 Å². The first-order valence-electron chi connectivity index (χ1n) is 8.46. The van der Waals surface area contributed by atoms with Crippen molar-refractivity contribution >= 4 is 17.2 Å². The van der Waals surface area contributed by atoms with Crippen molar-refractivity contribution in [3.63, 3.8) is 0 Å². The second kappa shape index (κ2) is 7.26. The van der Waals surface area contributed by atoms with Crippen LogP contribution in [0.2, 0.25) is 0 Å². The van der Waals surface area contributed by atoms with Crippen LogP contribution in [0.1, 0.15) is 56.7 Å². The monoisotopic (exact) mass is 328 g/mol. The number of hydrogen-bond acceptors (Lipinski definition) is 3. The summed E-state index contributed by atoms with van der Waals surface area (Å²) in [6.07, 6.45) is 4.48. The number of carbonyl (C=O) groups is 1. The van der Waals surface area contributed by atoms with Crippen LogP contribution in [0.4, 0.5) is 0 Å². The van der Waals surface area contributed by atoms with Crippen molar-refractivity contribution in [3.05, 3.63) is 40.9 Å². The topological polar surface area (TPSA) is 42.0 Å². The summed E-state index contributed by atoms with van der Waals surface area (Å²) in [7, 11) is 0. The van der Waals surface area contributed by atoms with E-state index in [1.54, 1.807) is 11.3 Å². The molecule has 1 aliphatic rings. The number of aromatic nitrogens is 1. The first kappa shape index (κ1) is 16.2. The molecule has 0 saturated heterocycles. The Bertz CT molecular complexity index is 654. The smallest absolute Gasteiger partial charge is 0.223 e. The fraction of sp³-hybridized carbons (Fsp3) is 0.474. The van der Waals surface area contributed by atoms with Crippen LogP contribution in [0.3, 0.4) is 0 Å². The van der Waals surface area contributed by atoms with Crippen LogP contribution in [-0.2, 0) is 11.3 Å². The summed E-state index contributed by atoms with van der Waals surface area (Å²) in [5.74, 6) is 0.914. The molecule has 0 bridgehead atoms. The molecule has 3 nitrogen and oxygen atoms in total. The van der Waals surface area contributed by atoms with Gasteiger partial charge in [0.1, 0.15) is 5.01 Å². The van der Waals surface area contributed by atoms with E-state index in [0.717, 1.165) is 34.7 Å². The number of amides is 1. The highest BCUT2D eigenvalue weighted by Gasteiger charge is 2.22. The third-order valence-corrected chi connectivity index (χ3v) is 5.42. The highest BCUT2D eigenvalue weighted by Crippen LogP contribution is 2.27. The average Bonchev–Trinajstić information content (AvgIpc) is 3.24.